The molecule has 0 aliphatic carbocycles. The van der Waals surface area contributed by atoms with Crippen molar-refractivity contribution in [2.75, 3.05) is 11.9 Å². The fourth-order valence-electron chi connectivity index (χ4n) is 1.95. The molecule has 2 aromatic rings. The van der Waals surface area contributed by atoms with Gasteiger partial charge in [0, 0.05) is 16.1 Å². The van der Waals surface area contributed by atoms with Crippen molar-refractivity contribution in [2.45, 2.75) is 13.3 Å². The Hall–Kier alpha value is -2.21. The summed E-state index contributed by atoms with van der Waals surface area (Å²) < 4.78 is 33.8. The minimum atomic E-state index is -0.639. The summed E-state index contributed by atoms with van der Waals surface area (Å²) >= 11 is 1.97. The highest BCUT2D eigenvalue weighted by atomic mass is 127. The van der Waals surface area contributed by atoms with Crippen LogP contribution in [0.3, 0.4) is 0 Å². The van der Waals surface area contributed by atoms with Crippen LogP contribution in [0.25, 0.3) is 0 Å². The van der Waals surface area contributed by atoms with E-state index in [1.54, 1.807) is 6.07 Å². The van der Waals surface area contributed by atoms with Crippen molar-refractivity contribution >= 4 is 39.7 Å². The van der Waals surface area contributed by atoms with Crippen LogP contribution in [0, 0.1) is 26.5 Å². The number of nitrogens with one attached hydrogen (secondary N) is 1. The summed E-state index contributed by atoms with van der Waals surface area (Å²) in [5.41, 5.74) is 0.250. The van der Waals surface area contributed by atoms with E-state index in [-0.39, 0.29) is 41.5 Å². The Kier molecular flexibility index (Phi) is 6.09. The van der Waals surface area contributed by atoms with Gasteiger partial charge in [-0.05, 0) is 53.8 Å². The second-order valence-electron chi connectivity index (χ2n) is 4.99. The minimum Gasteiger partial charge on any atom is -0.492 e. The van der Waals surface area contributed by atoms with Gasteiger partial charge in [0.1, 0.15) is 34.8 Å². The van der Waals surface area contributed by atoms with Gasteiger partial charge in [0.05, 0.1) is 18.0 Å². The topological polar surface area (TPSA) is 62.1 Å². The molecule has 24 heavy (non-hydrogen) atoms. The number of anilines is 2. The molecule has 0 radical (unpaired) electrons. The standard InChI is InChI=1S/C17H13F2IN2O2/c1-10(23)4-5-24-17-7-11(18)6-16(13(17)9-21)22-15-3-2-12(20)8-14(15)19/h2-3,6-8,22H,4-5H2,1H3. The van der Waals surface area contributed by atoms with Crippen LogP contribution in [-0.2, 0) is 4.79 Å². The molecule has 2 rings (SSSR count). The van der Waals surface area contributed by atoms with E-state index in [0.717, 1.165) is 12.1 Å². The Labute approximate surface area is 151 Å². The van der Waals surface area contributed by atoms with E-state index >= 15 is 0 Å². The van der Waals surface area contributed by atoms with E-state index in [9.17, 15) is 18.8 Å². The Bertz CT molecular complexity index is 819. The number of rotatable bonds is 6. The first kappa shape index (κ1) is 18.1. The molecule has 7 heteroatoms. The van der Waals surface area contributed by atoms with Crippen molar-refractivity contribution < 1.29 is 18.3 Å². The number of carbonyl (C=O) groups is 1. The predicted molar refractivity (Wildman–Crippen MR) is 94.3 cm³/mol. The average molecular weight is 442 g/mol. The number of halogens is 3. The number of ether oxygens (including phenoxy) is 1. The zero-order chi connectivity index (χ0) is 17.7. The van der Waals surface area contributed by atoms with Gasteiger partial charge in [-0.3, -0.25) is 4.79 Å². The summed E-state index contributed by atoms with van der Waals surface area (Å²) in [6.45, 7) is 1.44. The summed E-state index contributed by atoms with van der Waals surface area (Å²) in [4.78, 5) is 11.0. The van der Waals surface area contributed by atoms with Crippen molar-refractivity contribution in [2.24, 2.45) is 0 Å². The lowest BCUT2D eigenvalue weighted by molar-refractivity contribution is -0.117. The van der Waals surface area contributed by atoms with Gasteiger partial charge in [0.25, 0.3) is 0 Å². The molecule has 0 aliphatic rings. The first-order chi connectivity index (χ1) is 11.4. The first-order valence-electron chi connectivity index (χ1n) is 6.98. The first-order valence-corrected chi connectivity index (χ1v) is 8.06. The molecule has 0 atom stereocenters. The van der Waals surface area contributed by atoms with Crippen molar-refractivity contribution in [3.8, 4) is 11.8 Å². The number of hydrogen-bond donors (Lipinski definition) is 1. The third kappa shape index (κ3) is 4.64. The predicted octanol–water partition coefficient (Wildman–Crippen LogP) is 4.54. The molecule has 0 amide bonds. The van der Waals surface area contributed by atoms with Gasteiger partial charge in [-0.2, -0.15) is 5.26 Å². The number of Topliss-reactive ketones (excluding diaryl/α,β-unsaturated/α-hetero) is 1. The van der Waals surface area contributed by atoms with Gasteiger partial charge in [-0.15, -0.1) is 0 Å². The summed E-state index contributed by atoms with van der Waals surface area (Å²) in [6.07, 6.45) is 0.149. The number of hydrogen-bond acceptors (Lipinski definition) is 4. The Morgan fingerprint density at radius 2 is 2.04 bits per heavy atom. The van der Waals surface area contributed by atoms with Gasteiger partial charge >= 0.3 is 0 Å². The maximum absolute atomic E-state index is 14.0. The molecule has 0 saturated heterocycles. The van der Waals surface area contributed by atoms with Crippen LogP contribution in [0.15, 0.2) is 30.3 Å². The summed E-state index contributed by atoms with van der Waals surface area (Å²) in [6, 6.07) is 8.57. The SMILES string of the molecule is CC(=O)CCOc1cc(F)cc(Nc2ccc(I)cc2F)c1C#N. The van der Waals surface area contributed by atoms with Gasteiger partial charge < -0.3 is 10.1 Å². The summed E-state index contributed by atoms with van der Waals surface area (Å²) in [7, 11) is 0. The molecule has 2 aromatic carbocycles. The zero-order valence-corrected chi connectivity index (χ0v) is 14.9. The van der Waals surface area contributed by atoms with Crippen molar-refractivity contribution in [1.82, 2.24) is 0 Å². The average Bonchev–Trinajstić information content (AvgIpc) is 2.49. The number of ketones is 1. The molecule has 0 bridgehead atoms. The third-order valence-electron chi connectivity index (χ3n) is 3.09. The molecule has 0 unspecified atom stereocenters. The van der Waals surface area contributed by atoms with E-state index in [4.69, 9.17) is 4.74 Å². The fraction of sp³-hybridized carbons (Fsp3) is 0.176. The minimum absolute atomic E-state index is 0.00664. The molecule has 124 valence electrons. The van der Waals surface area contributed by atoms with E-state index in [0.29, 0.717) is 3.57 Å². The van der Waals surface area contributed by atoms with Crippen LogP contribution in [0.1, 0.15) is 18.9 Å². The Morgan fingerprint density at radius 3 is 2.67 bits per heavy atom. The van der Waals surface area contributed by atoms with E-state index in [1.165, 1.54) is 19.1 Å². The van der Waals surface area contributed by atoms with Gasteiger partial charge in [0.15, 0.2) is 0 Å². The van der Waals surface area contributed by atoms with Crippen LogP contribution in [0.2, 0.25) is 0 Å². The van der Waals surface area contributed by atoms with Crippen LogP contribution in [0.4, 0.5) is 20.2 Å². The monoisotopic (exact) mass is 442 g/mol. The zero-order valence-electron chi connectivity index (χ0n) is 12.7. The quantitative estimate of drug-likeness (QED) is 0.668. The third-order valence-corrected chi connectivity index (χ3v) is 3.76. The molecule has 1 N–H and O–H groups in total. The maximum Gasteiger partial charge on any atom is 0.147 e. The van der Waals surface area contributed by atoms with Gasteiger partial charge in [0.2, 0.25) is 0 Å². The van der Waals surface area contributed by atoms with Crippen LogP contribution < -0.4 is 10.1 Å². The molecule has 0 aromatic heterocycles. The lowest BCUT2D eigenvalue weighted by Gasteiger charge is -2.13. The van der Waals surface area contributed by atoms with Crippen molar-refractivity contribution in [3.63, 3.8) is 0 Å². The smallest absolute Gasteiger partial charge is 0.147 e. The lowest BCUT2D eigenvalue weighted by Crippen LogP contribution is -2.06. The molecule has 0 fully saturated rings. The van der Waals surface area contributed by atoms with E-state index < -0.39 is 11.6 Å². The summed E-state index contributed by atoms with van der Waals surface area (Å²) in [5, 5.41) is 12.0. The lowest BCUT2D eigenvalue weighted by atomic mass is 10.1. The second kappa shape index (κ2) is 8.06. The van der Waals surface area contributed by atoms with E-state index in [1.807, 2.05) is 28.7 Å². The highest BCUT2D eigenvalue weighted by Gasteiger charge is 2.14. The van der Waals surface area contributed by atoms with Crippen molar-refractivity contribution in [1.29, 1.82) is 5.26 Å². The maximum atomic E-state index is 14.0. The van der Waals surface area contributed by atoms with E-state index in [2.05, 4.69) is 5.32 Å². The Balaban J connectivity index is 2.33. The highest BCUT2D eigenvalue weighted by Crippen LogP contribution is 2.31. The largest absolute Gasteiger partial charge is 0.492 e. The van der Waals surface area contributed by atoms with Crippen LogP contribution in [-0.4, -0.2) is 12.4 Å². The Morgan fingerprint density at radius 1 is 1.29 bits per heavy atom. The van der Waals surface area contributed by atoms with Gasteiger partial charge in [-0.25, -0.2) is 8.78 Å². The molecular formula is C17H13F2IN2O2. The molecule has 0 saturated carbocycles. The normalized spacial score (nSPS) is 10.1. The van der Waals surface area contributed by atoms with Crippen LogP contribution in [0.5, 0.6) is 5.75 Å². The fourth-order valence-corrected chi connectivity index (χ4v) is 2.40. The molecule has 0 spiro atoms. The van der Waals surface area contributed by atoms with Gasteiger partial charge in [-0.1, -0.05) is 0 Å². The molecule has 4 nitrogen and oxygen atoms in total. The molecule has 0 heterocycles. The van der Waals surface area contributed by atoms with Crippen molar-refractivity contribution in [3.05, 3.63) is 51.1 Å². The number of nitrogens with zero attached hydrogens (tertiary/aromatic N) is 1. The summed E-state index contributed by atoms with van der Waals surface area (Å²) in [5.74, 6) is -1.23. The highest BCUT2D eigenvalue weighted by molar-refractivity contribution is 14.1. The van der Waals surface area contributed by atoms with Crippen LogP contribution >= 0.6 is 22.6 Å². The number of carbonyl (C=O) groups excluding carboxylic acids is 1. The number of benzene rings is 2. The number of nitriles is 1. The molecular weight excluding hydrogens is 429 g/mol. The molecule has 0 aliphatic heterocycles. The second-order valence-corrected chi connectivity index (χ2v) is 6.23.